The average molecular weight is 478 g/mol. The predicted molar refractivity (Wildman–Crippen MR) is 140 cm³/mol. The lowest BCUT2D eigenvalue weighted by molar-refractivity contribution is -0.116. The fourth-order valence-electron chi connectivity index (χ4n) is 4.32. The molecule has 0 bridgehead atoms. The van der Waals surface area contributed by atoms with E-state index in [-0.39, 0.29) is 11.7 Å². The van der Waals surface area contributed by atoms with E-state index < -0.39 is 5.92 Å². The molecular formula is C28H39N5O2. The topological polar surface area (TPSA) is 92.9 Å². The molecule has 7 heteroatoms. The molecule has 7 nitrogen and oxygen atoms in total. The molecule has 0 saturated carbocycles. The van der Waals surface area contributed by atoms with Gasteiger partial charge in [-0.1, -0.05) is 82.2 Å². The highest BCUT2D eigenvalue weighted by molar-refractivity contribution is 5.98. The van der Waals surface area contributed by atoms with Crippen LogP contribution in [0.1, 0.15) is 92.3 Å². The van der Waals surface area contributed by atoms with Crippen LogP contribution in [0.2, 0.25) is 0 Å². The number of nitrogens with one attached hydrogen (secondary N) is 1. The number of nitrogens with zero attached hydrogens (tertiary/aromatic N) is 4. The van der Waals surface area contributed by atoms with Crippen molar-refractivity contribution in [3.8, 4) is 5.75 Å². The normalized spacial score (nSPS) is 12.0. The largest absolute Gasteiger partial charge is 0.507 e. The van der Waals surface area contributed by atoms with E-state index in [0.717, 1.165) is 29.5 Å². The Hall–Kier alpha value is -3.22. The Morgan fingerprint density at radius 3 is 2.31 bits per heavy atom. The smallest absolute Gasteiger partial charge is 0.239 e. The first-order valence-corrected chi connectivity index (χ1v) is 12.9. The van der Waals surface area contributed by atoms with Gasteiger partial charge in [-0.25, -0.2) is 0 Å². The van der Waals surface area contributed by atoms with Crippen LogP contribution in [-0.2, 0) is 11.3 Å². The number of amides is 1. The molecule has 0 saturated heterocycles. The number of rotatable bonds is 13. The van der Waals surface area contributed by atoms with Gasteiger partial charge in [-0.05, 0) is 60.7 Å². The minimum absolute atomic E-state index is 0.226. The van der Waals surface area contributed by atoms with E-state index in [0.29, 0.717) is 23.6 Å². The second-order valence-corrected chi connectivity index (χ2v) is 9.39. The van der Waals surface area contributed by atoms with Crippen LogP contribution < -0.4 is 5.32 Å². The quantitative estimate of drug-likeness (QED) is 0.225. The number of anilines is 1. The summed E-state index contributed by atoms with van der Waals surface area (Å²) in [4.78, 5) is 15.1. The molecule has 1 heterocycles. The summed E-state index contributed by atoms with van der Waals surface area (Å²) in [5.74, 6) is -0.267. The van der Waals surface area contributed by atoms with E-state index in [2.05, 4.69) is 27.7 Å². The highest BCUT2D eigenvalue weighted by Gasteiger charge is 2.28. The fourth-order valence-corrected chi connectivity index (χ4v) is 4.32. The van der Waals surface area contributed by atoms with Gasteiger partial charge in [0, 0.05) is 5.69 Å². The SMILES string of the molecule is CCCCCCCCCCn1nnc(C(C(=O)Nc2cc(C)c(O)c(C)c2C)c2ccccc2)n1. The van der Waals surface area contributed by atoms with E-state index in [1.165, 1.54) is 38.5 Å². The lowest BCUT2D eigenvalue weighted by Gasteiger charge is -2.18. The van der Waals surface area contributed by atoms with Crippen molar-refractivity contribution >= 4 is 11.6 Å². The summed E-state index contributed by atoms with van der Waals surface area (Å²) in [5.41, 5.74) is 3.79. The third-order valence-electron chi connectivity index (χ3n) is 6.65. The van der Waals surface area contributed by atoms with Crippen molar-refractivity contribution < 1.29 is 9.90 Å². The Bertz CT molecular complexity index is 1090. The first-order chi connectivity index (χ1) is 16.9. The monoisotopic (exact) mass is 477 g/mol. The van der Waals surface area contributed by atoms with Crippen molar-refractivity contribution in [1.82, 2.24) is 20.2 Å². The molecule has 35 heavy (non-hydrogen) atoms. The van der Waals surface area contributed by atoms with Gasteiger partial charge in [-0.3, -0.25) is 4.79 Å². The van der Waals surface area contributed by atoms with Crippen molar-refractivity contribution in [3.63, 3.8) is 0 Å². The van der Waals surface area contributed by atoms with Crippen molar-refractivity contribution in [2.75, 3.05) is 5.32 Å². The van der Waals surface area contributed by atoms with E-state index in [9.17, 15) is 9.90 Å². The van der Waals surface area contributed by atoms with Gasteiger partial charge in [0.05, 0.1) is 6.54 Å². The lowest BCUT2D eigenvalue weighted by Crippen LogP contribution is -2.24. The van der Waals surface area contributed by atoms with Gasteiger partial charge in [0.1, 0.15) is 11.7 Å². The Morgan fingerprint density at radius 2 is 1.63 bits per heavy atom. The highest BCUT2D eigenvalue weighted by atomic mass is 16.3. The summed E-state index contributed by atoms with van der Waals surface area (Å²) in [6.07, 6.45) is 9.89. The number of phenolic OH excluding ortho intramolecular Hbond substituents is 1. The third kappa shape index (κ3) is 7.13. The Kier molecular flexibility index (Phi) is 9.82. The maximum atomic E-state index is 13.5. The summed E-state index contributed by atoms with van der Waals surface area (Å²) in [7, 11) is 0. The van der Waals surface area contributed by atoms with Gasteiger partial charge >= 0.3 is 0 Å². The second-order valence-electron chi connectivity index (χ2n) is 9.39. The molecule has 3 rings (SSSR count). The predicted octanol–water partition coefficient (Wildman–Crippen LogP) is 6.22. The van der Waals surface area contributed by atoms with Crippen LogP contribution in [0, 0.1) is 20.8 Å². The minimum atomic E-state index is -0.683. The summed E-state index contributed by atoms with van der Waals surface area (Å²) < 4.78 is 0. The number of benzene rings is 2. The number of aromatic nitrogens is 4. The van der Waals surface area contributed by atoms with Crippen LogP contribution in [0.3, 0.4) is 0 Å². The van der Waals surface area contributed by atoms with Crippen LogP contribution >= 0.6 is 0 Å². The Balaban J connectivity index is 1.69. The molecule has 2 N–H and O–H groups in total. The van der Waals surface area contributed by atoms with Gasteiger partial charge in [0.25, 0.3) is 0 Å². The Morgan fingerprint density at radius 1 is 0.971 bits per heavy atom. The zero-order valence-electron chi connectivity index (χ0n) is 21.5. The summed E-state index contributed by atoms with van der Waals surface area (Å²) in [5, 5.41) is 26.3. The van der Waals surface area contributed by atoms with Crippen LogP contribution in [0.4, 0.5) is 5.69 Å². The number of phenols is 1. The molecule has 2 aromatic carbocycles. The maximum absolute atomic E-state index is 13.5. The lowest BCUT2D eigenvalue weighted by atomic mass is 9.96. The summed E-state index contributed by atoms with van der Waals surface area (Å²) >= 11 is 0. The molecule has 3 aromatic rings. The number of carbonyl (C=O) groups is 1. The van der Waals surface area contributed by atoms with E-state index in [1.807, 2.05) is 51.1 Å². The van der Waals surface area contributed by atoms with Crippen molar-refractivity contribution in [3.05, 3.63) is 64.5 Å². The van der Waals surface area contributed by atoms with Crippen LogP contribution in [0.15, 0.2) is 36.4 Å². The molecule has 0 radical (unpaired) electrons. The highest BCUT2D eigenvalue weighted by Crippen LogP contribution is 2.32. The minimum Gasteiger partial charge on any atom is -0.507 e. The van der Waals surface area contributed by atoms with Crippen molar-refractivity contribution in [1.29, 1.82) is 0 Å². The van der Waals surface area contributed by atoms with Crippen LogP contribution in [0.25, 0.3) is 0 Å². The first-order valence-electron chi connectivity index (χ1n) is 12.9. The van der Waals surface area contributed by atoms with Gasteiger partial charge in [0.2, 0.25) is 5.91 Å². The number of aromatic hydroxyl groups is 1. The van der Waals surface area contributed by atoms with Crippen molar-refractivity contribution in [2.45, 2.75) is 91.5 Å². The zero-order valence-corrected chi connectivity index (χ0v) is 21.5. The number of hydrogen-bond acceptors (Lipinski definition) is 5. The molecule has 0 aliphatic carbocycles. The number of carbonyl (C=O) groups excluding carboxylic acids is 1. The van der Waals surface area contributed by atoms with Crippen LogP contribution in [0.5, 0.6) is 5.75 Å². The van der Waals surface area contributed by atoms with Gasteiger partial charge in [-0.15, -0.1) is 10.2 Å². The fraction of sp³-hybridized carbons (Fsp3) is 0.500. The molecule has 0 aliphatic heterocycles. The van der Waals surface area contributed by atoms with E-state index in [1.54, 1.807) is 10.9 Å². The zero-order chi connectivity index (χ0) is 25.2. The molecule has 1 atom stereocenters. The van der Waals surface area contributed by atoms with Gasteiger partial charge < -0.3 is 10.4 Å². The summed E-state index contributed by atoms with van der Waals surface area (Å²) in [6, 6.07) is 11.3. The number of tetrazole rings is 1. The van der Waals surface area contributed by atoms with Gasteiger partial charge in [-0.2, -0.15) is 4.80 Å². The van der Waals surface area contributed by atoms with E-state index in [4.69, 9.17) is 0 Å². The average Bonchev–Trinajstić information content (AvgIpc) is 3.32. The third-order valence-corrected chi connectivity index (χ3v) is 6.65. The number of aryl methyl sites for hydroxylation is 2. The van der Waals surface area contributed by atoms with E-state index >= 15 is 0 Å². The molecule has 0 spiro atoms. The number of hydrogen-bond donors (Lipinski definition) is 2. The van der Waals surface area contributed by atoms with Crippen LogP contribution in [-0.4, -0.2) is 31.2 Å². The molecule has 188 valence electrons. The van der Waals surface area contributed by atoms with Crippen molar-refractivity contribution in [2.24, 2.45) is 0 Å². The maximum Gasteiger partial charge on any atom is 0.239 e. The molecule has 1 unspecified atom stereocenters. The summed E-state index contributed by atoms with van der Waals surface area (Å²) in [6.45, 7) is 8.49. The molecule has 0 aliphatic rings. The first kappa shape index (κ1) is 26.4. The molecular weight excluding hydrogens is 438 g/mol. The molecule has 1 aromatic heterocycles. The molecule has 1 amide bonds. The Labute approximate surface area is 209 Å². The second kappa shape index (κ2) is 13.0. The van der Waals surface area contributed by atoms with Gasteiger partial charge in [0.15, 0.2) is 5.82 Å². The standard InChI is InChI=1S/C28H39N5O2/c1-5-6-7-8-9-10-11-15-18-33-31-27(30-32-33)25(23-16-13-12-14-17-23)28(35)29-24-19-20(2)26(34)22(4)21(24)3/h12-14,16-17,19,25,34H,5-11,15,18H2,1-4H3,(H,29,35). The molecule has 0 fully saturated rings. The number of unbranched alkanes of at least 4 members (excludes halogenated alkanes) is 7.